The number of aromatic nitrogens is 1. The van der Waals surface area contributed by atoms with E-state index >= 15 is 0 Å². The van der Waals surface area contributed by atoms with Crippen LogP contribution in [-0.2, 0) is 0 Å². The number of hydrogen-bond acceptors (Lipinski definition) is 1. The molecule has 5 rings (SSSR count). The van der Waals surface area contributed by atoms with Gasteiger partial charge in [0.05, 0.1) is 11.0 Å². The van der Waals surface area contributed by atoms with Crippen molar-refractivity contribution in [2.24, 2.45) is 0 Å². The molecule has 0 aliphatic carbocycles. The summed E-state index contributed by atoms with van der Waals surface area (Å²) in [4.78, 5) is 5.05. The summed E-state index contributed by atoms with van der Waals surface area (Å²) in [5, 5.41) is 4.86. The van der Waals surface area contributed by atoms with Crippen molar-refractivity contribution in [1.29, 1.82) is 0 Å². The first-order valence-electron chi connectivity index (χ1n) is 8.58. The minimum Gasteiger partial charge on any atom is -0.247 e. The number of benzene rings is 4. The predicted octanol–water partition coefficient (Wildman–Crippen LogP) is 6.52. The average molecular weight is 319 g/mol. The molecule has 0 atom stereocenters. The summed E-state index contributed by atoms with van der Waals surface area (Å²) < 4.78 is 0. The topological polar surface area (TPSA) is 12.9 Å². The average Bonchev–Trinajstić information content (AvgIpc) is 2.66. The van der Waals surface area contributed by atoms with Crippen molar-refractivity contribution in [2.75, 3.05) is 0 Å². The van der Waals surface area contributed by atoms with Gasteiger partial charge in [0.2, 0.25) is 0 Å². The fourth-order valence-electron chi connectivity index (χ4n) is 3.70. The van der Waals surface area contributed by atoms with Gasteiger partial charge in [0.15, 0.2) is 0 Å². The van der Waals surface area contributed by atoms with Crippen LogP contribution in [0.15, 0.2) is 84.9 Å². The SMILES string of the molecule is Cc1ccc2c(-c3ccccc3)c3ccc4ccccc4c3nc2c1. The first-order valence-corrected chi connectivity index (χ1v) is 8.58. The Hall–Kier alpha value is -3.19. The van der Waals surface area contributed by atoms with Gasteiger partial charge in [-0.25, -0.2) is 4.98 Å². The fourth-order valence-corrected chi connectivity index (χ4v) is 3.70. The zero-order chi connectivity index (χ0) is 16.8. The molecular formula is C24H17N. The van der Waals surface area contributed by atoms with Crippen molar-refractivity contribution < 1.29 is 0 Å². The second kappa shape index (κ2) is 5.42. The fraction of sp³-hybridized carbons (Fsp3) is 0.0417. The summed E-state index contributed by atoms with van der Waals surface area (Å²) in [5.74, 6) is 0. The Balaban J connectivity index is 2.05. The summed E-state index contributed by atoms with van der Waals surface area (Å²) in [6, 6.07) is 30.1. The van der Waals surface area contributed by atoms with Crippen LogP contribution in [0.25, 0.3) is 43.7 Å². The van der Waals surface area contributed by atoms with Crippen molar-refractivity contribution in [3.8, 4) is 11.1 Å². The lowest BCUT2D eigenvalue weighted by Crippen LogP contribution is -1.91. The predicted molar refractivity (Wildman–Crippen MR) is 107 cm³/mol. The summed E-state index contributed by atoms with van der Waals surface area (Å²) in [5.41, 5.74) is 5.88. The maximum absolute atomic E-state index is 5.05. The van der Waals surface area contributed by atoms with Crippen molar-refractivity contribution in [3.05, 3.63) is 90.5 Å². The molecule has 1 heterocycles. The molecule has 0 saturated carbocycles. The molecule has 0 radical (unpaired) electrons. The summed E-state index contributed by atoms with van der Waals surface area (Å²) in [6.07, 6.45) is 0. The van der Waals surface area contributed by atoms with Crippen LogP contribution in [0, 0.1) is 6.92 Å². The molecule has 1 heteroatoms. The Morgan fingerprint density at radius 3 is 2.28 bits per heavy atom. The number of fused-ring (bicyclic) bond motifs is 4. The normalized spacial score (nSPS) is 11.4. The molecule has 25 heavy (non-hydrogen) atoms. The van der Waals surface area contributed by atoms with E-state index in [1.54, 1.807) is 0 Å². The molecule has 0 bridgehead atoms. The van der Waals surface area contributed by atoms with Crippen LogP contribution < -0.4 is 0 Å². The summed E-state index contributed by atoms with van der Waals surface area (Å²) in [6.45, 7) is 2.12. The highest BCUT2D eigenvalue weighted by atomic mass is 14.7. The smallest absolute Gasteiger partial charge is 0.0794 e. The monoisotopic (exact) mass is 319 g/mol. The minimum absolute atomic E-state index is 1.06. The van der Waals surface area contributed by atoms with E-state index < -0.39 is 0 Å². The van der Waals surface area contributed by atoms with Crippen molar-refractivity contribution in [2.45, 2.75) is 6.92 Å². The lowest BCUT2D eigenvalue weighted by molar-refractivity contribution is 1.45. The number of nitrogens with zero attached hydrogens (tertiary/aromatic N) is 1. The highest BCUT2D eigenvalue weighted by Gasteiger charge is 2.13. The van der Waals surface area contributed by atoms with Crippen LogP contribution in [0.2, 0.25) is 0 Å². The lowest BCUT2D eigenvalue weighted by atomic mass is 9.94. The second-order valence-electron chi connectivity index (χ2n) is 6.56. The Labute approximate surface area is 146 Å². The van der Waals surface area contributed by atoms with Crippen LogP contribution >= 0.6 is 0 Å². The van der Waals surface area contributed by atoms with Gasteiger partial charge in [-0.1, -0.05) is 78.9 Å². The zero-order valence-corrected chi connectivity index (χ0v) is 14.0. The molecule has 0 N–H and O–H groups in total. The molecule has 118 valence electrons. The van der Waals surface area contributed by atoms with Crippen LogP contribution in [0.4, 0.5) is 0 Å². The molecule has 0 aliphatic heterocycles. The molecule has 0 fully saturated rings. The van der Waals surface area contributed by atoms with E-state index in [4.69, 9.17) is 4.98 Å². The molecule has 4 aromatic carbocycles. The maximum atomic E-state index is 5.05. The molecule has 1 aromatic heterocycles. The van der Waals surface area contributed by atoms with Crippen molar-refractivity contribution >= 4 is 32.6 Å². The standard InChI is InChI=1S/C24H17N/c1-16-11-13-20-22(15-16)25-24-19-10-6-5-7-17(19)12-14-21(24)23(20)18-8-3-2-4-9-18/h2-15H,1H3. The highest BCUT2D eigenvalue weighted by molar-refractivity contribution is 6.16. The summed E-state index contributed by atoms with van der Waals surface area (Å²) in [7, 11) is 0. The molecule has 5 aromatic rings. The second-order valence-corrected chi connectivity index (χ2v) is 6.56. The first-order chi connectivity index (χ1) is 12.3. The number of pyridine rings is 1. The van der Waals surface area contributed by atoms with Crippen molar-refractivity contribution in [1.82, 2.24) is 4.98 Å². The number of aryl methyl sites for hydroxylation is 1. The van der Waals surface area contributed by atoms with Crippen LogP contribution in [0.3, 0.4) is 0 Å². The van der Waals surface area contributed by atoms with Crippen LogP contribution in [-0.4, -0.2) is 4.98 Å². The Bertz CT molecular complexity index is 1240. The van der Waals surface area contributed by atoms with E-state index in [1.807, 2.05) is 0 Å². The molecular weight excluding hydrogens is 302 g/mol. The Morgan fingerprint density at radius 2 is 1.40 bits per heavy atom. The zero-order valence-electron chi connectivity index (χ0n) is 14.0. The van der Waals surface area contributed by atoms with E-state index in [0.29, 0.717) is 0 Å². The van der Waals surface area contributed by atoms with Gasteiger partial charge < -0.3 is 0 Å². The van der Waals surface area contributed by atoms with Crippen LogP contribution in [0.5, 0.6) is 0 Å². The third-order valence-corrected chi connectivity index (χ3v) is 4.89. The molecule has 0 spiro atoms. The summed E-state index contributed by atoms with van der Waals surface area (Å²) >= 11 is 0. The largest absolute Gasteiger partial charge is 0.247 e. The van der Waals surface area contributed by atoms with Gasteiger partial charge in [-0.15, -0.1) is 0 Å². The maximum Gasteiger partial charge on any atom is 0.0794 e. The third-order valence-electron chi connectivity index (χ3n) is 4.89. The van der Waals surface area contributed by atoms with Gasteiger partial charge in [-0.05, 0) is 29.5 Å². The van der Waals surface area contributed by atoms with Gasteiger partial charge in [0.1, 0.15) is 0 Å². The lowest BCUT2D eigenvalue weighted by Gasteiger charge is -2.13. The molecule has 0 saturated heterocycles. The third kappa shape index (κ3) is 2.20. The van der Waals surface area contributed by atoms with E-state index in [9.17, 15) is 0 Å². The minimum atomic E-state index is 1.06. The molecule has 0 unspecified atom stereocenters. The first kappa shape index (κ1) is 14.2. The van der Waals surface area contributed by atoms with Gasteiger partial charge in [-0.2, -0.15) is 0 Å². The number of rotatable bonds is 1. The Kier molecular flexibility index (Phi) is 3.07. The quantitative estimate of drug-likeness (QED) is 0.253. The molecule has 0 aliphatic rings. The van der Waals surface area contributed by atoms with E-state index in [2.05, 4.69) is 91.9 Å². The number of hydrogen-bond donors (Lipinski definition) is 0. The van der Waals surface area contributed by atoms with E-state index in [1.165, 1.54) is 38.2 Å². The van der Waals surface area contributed by atoms with Gasteiger partial charge in [0.25, 0.3) is 0 Å². The Morgan fingerprint density at radius 1 is 0.640 bits per heavy atom. The van der Waals surface area contributed by atoms with E-state index in [0.717, 1.165) is 11.0 Å². The van der Waals surface area contributed by atoms with Gasteiger partial charge in [-0.3, -0.25) is 0 Å². The van der Waals surface area contributed by atoms with Gasteiger partial charge in [0, 0.05) is 21.7 Å². The van der Waals surface area contributed by atoms with Crippen molar-refractivity contribution in [3.63, 3.8) is 0 Å². The molecule has 0 amide bonds. The van der Waals surface area contributed by atoms with Gasteiger partial charge >= 0.3 is 0 Å². The van der Waals surface area contributed by atoms with E-state index in [-0.39, 0.29) is 0 Å². The van der Waals surface area contributed by atoms with Crippen LogP contribution in [0.1, 0.15) is 5.56 Å². The highest BCUT2D eigenvalue weighted by Crippen LogP contribution is 2.37. The molecule has 1 nitrogen and oxygen atoms in total.